The van der Waals surface area contributed by atoms with Crippen molar-refractivity contribution in [1.29, 1.82) is 0 Å². The summed E-state index contributed by atoms with van der Waals surface area (Å²) in [7, 11) is 0. The molecule has 4 heteroatoms. The molecule has 3 nitrogen and oxygen atoms in total. The molecule has 1 aliphatic rings. The summed E-state index contributed by atoms with van der Waals surface area (Å²) in [5.41, 5.74) is 0. The van der Waals surface area contributed by atoms with E-state index in [1.807, 2.05) is 11.8 Å². The zero-order valence-corrected chi connectivity index (χ0v) is 13.3. The highest BCUT2D eigenvalue weighted by Crippen LogP contribution is 2.32. The van der Waals surface area contributed by atoms with Gasteiger partial charge in [0.1, 0.15) is 0 Å². The van der Waals surface area contributed by atoms with Gasteiger partial charge in [-0.1, -0.05) is 27.7 Å². The molecule has 1 heterocycles. The van der Waals surface area contributed by atoms with Crippen molar-refractivity contribution in [3.05, 3.63) is 0 Å². The standard InChI is InChI=1S/C14H28N2OS/c1-6-14(7-2,18-5)10-16-9-8-12(13(16)17)15-11(3)4/h11-12,15H,6-10H2,1-5H3. The third-order valence-electron chi connectivity index (χ3n) is 4.03. The van der Waals surface area contributed by atoms with Crippen molar-refractivity contribution in [2.75, 3.05) is 19.3 Å². The number of carbonyl (C=O) groups excluding carboxylic acids is 1. The van der Waals surface area contributed by atoms with Crippen molar-refractivity contribution in [2.45, 2.75) is 63.8 Å². The number of rotatable bonds is 7. The van der Waals surface area contributed by atoms with Gasteiger partial charge in [0.2, 0.25) is 5.91 Å². The average molecular weight is 272 g/mol. The smallest absolute Gasteiger partial charge is 0.239 e. The normalized spacial score (nSPS) is 21.1. The summed E-state index contributed by atoms with van der Waals surface area (Å²) in [6.45, 7) is 10.5. The van der Waals surface area contributed by atoms with Gasteiger partial charge in [-0.3, -0.25) is 4.79 Å². The van der Waals surface area contributed by atoms with E-state index in [0.717, 1.165) is 32.4 Å². The Morgan fingerprint density at radius 1 is 1.44 bits per heavy atom. The number of thioether (sulfide) groups is 1. The molecule has 1 amide bonds. The van der Waals surface area contributed by atoms with Crippen molar-refractivity contribution >= 4 is 17.7 Å². The quantitative estimate of drug-likeness (QED) is 0.773. The van der Waals surface area contributed by atoms with Gasteiger partial charge in [-0.2, -0.15) is 11.8 Å². The molecule has 0 radical (unpaired) electrons. The Morgan fingerprint density at radius 2 is 2.06 bits per heavy atom. The highest BCUT2D eigenvalue weighted by molar-refractivity contribution is 8.00. The van der Waals surface area contributed by atoms with E-state index < -0.39 is 0 Å². The van der Waals surface area contributed by atoms with Crippen molar-refractivity contribution < 1.29 is 4.79 Å². The van der Waals surface area contributed by atoms with Gasteiger partial charge in [0.25, 0.3) is 0 Å². The van der Waals surface area contributed by atoms with E-state index in [1.165, 1.54) is 0 Å². The number of carbonyl (C=O) groups is 1. The largest absolute Gasteiger partial charge is 0.340 e. The van der Waals surface area contributed by atoms with Crippen LogP contribution in [-0.2, 0) is 4.79 Å². The maximum atomic E-state index is 12.3. The lowest BCUT2D eigenvalue weighted by molar-refractivity contribution is -0.129. The second-order valence-electron chi connectivity index (χ2n) is 5.52. The number of nitrogens with one attached hydrogen (secondary N) is 1. The van der Waals surface area contributed by atoms with Crippen molar-refractivity contribution in [3.8, 4) is 0 Å². The molecular formula is C14H28N2OS. The van der Waals surface area contributed by atoms with Gasteiger partial charge in [0.05, 0.1) is 6.04 Å². The lowest BCUT2D eigenvalue weighted by Crippen LogP contribution is -2.45. The van der Waals surface area contributed by atoms with Crippen molar-refractivity contribution in [2.24, 2.45) is 0 Å². The third kappa shape index (κ3) is 3.64. The molecule has 18 heavy (non-hydrogen) atoms. The van der Waals surface area contributed by atoms with Crippen LogP contribution < -0.4 is 5.32 Å². The van der Waals surface area contributed by atoms with E-state index >= 15 is 0 Å². The van der Waals surface area contributed by atoms with E-state index in [4.69, 9.17) is 0 Å². The molecule has 106 valence electrons. The number of amides is 1. The van der Waals surface area contributed by atoms with Gasteiger partial charge in [-0.15, -0.1) is 0 Å². The Balaban J connectivity index is 2.61. The summed E-state index contributed by atoms with van der Waals surface area (Å²) in [4.78, 5) is 14.4. The molecule has 1 aliphatic heterocycles. The third-order valence-corrected chi connectivity index (χ3v) is 5.61. The molecule has 0 spiro atoms. The van der Waals surface area contributed by atoms with Gasteiger partial charge in [0.15, 0.2) is 0 Å². The van der Waals surface area contributed by atoms with Crippen molar-refractivity contribution in [3.63, 3.8) is 0 Å². The molecule has 0 bridgehead atoms. The van der Waals surface area contributed by atoms with Crippen LogP contribution >= 0.6 is 11.8 Å². The lowest BCUT2D eigenvalue weighted by atomic mass is 10.0. The van der Waals surface area contributed by atoms with E-state index in [-0.39, 0.29) is 10.8 Å². The summed E-state index contributed by atoms with van der Waals surface area (Å²) in [6.07, 6.45) is 5.36. The summed E-state index contributed by atoms with van der Waals surface area (Å²) < 4.78 is 0.238. The molecule has 1 unspecified atom stereocenters. The second-order valence-corrected chi connectivity index (χ2v) is 6.79. The van der Waals surface area contributed by atoms with Gasteiger partial charge < -0.3 is 10.2 Å². The van der Waals surface area contributed by atoms with Crippen LogP contribution in [0.1, 0.15) is 47.0 Å². The van der Waals surface area contributed by atoms with Crippen LogP contribution in [0, 0.1) is 0 Å². The van der Waals surface area contributed by atoms with Crippen molar-refractivity contribution in [1.82, 2.24) is 10.2 Å². The second kappa shape index (κ2) is 6.80. The summed E-state index contributed by atoms with van der Waals surface area (Å²) >= 11 is 1.91. The number of hydrogen-bond acceptors (Lipinski definition) is 3. The van der Waals surface area contributed by atoms with Crippen LogP contribution in [0.5, 0.6) is 0 Å². The molecule has 0 aromatic heterocycles. The minimum atomic E-state index is 0.0401. The predicted octanol–water partition coefficient (Wildman–Crippen LogP) is 2.51. The molecule has 1 rings (SSSR count). The first-order valence-electron chi connectivity index (χ1n) is 7.08. The Hall–Kier alpha value is -0.220. The molecule has 0 saturated carbocycles. The minimum absolute atomic E-state index is 0.0401. The minimum Gasteiger partial charge on any atom is -0.340 e. The molecule has 0 aliphatic carbocycles. The first kappa shape index (κ1) is 15.8. The summed E-state index contributed by atoms with van der Waals surface area (Å²) in [5.74, 6) is 0.295. The van der Waals surface area contributed by atoms with E-state index in [9.17, 15) is 4.79 Å². The van der Waals surface area contributed by atoms with E-state index in [1.54, 1.807) is 0 Å². The Kier molecular flexibility index (Phi) is 5.99. The number of nitrogens with zero attached hydrogens (tertiary/aromatic N) is 1. The molecular weight excluding hydrogens is 244 g/mol. The van der Waals surface area contributed by atoms with Gasteiger partial charge in [0, 0.05) is 23.9 Å². The maximum Gasteiger partial charge on any atom is 0.239 e. The zero-order valence-electron chi connectivity index (χ0n) is 12.5. The van der Waals surface area contributed by atoms with E-state index in [2.05, 4.69) is 44.2 Å². The molecule has 1 atom stereocenters. The van der Waals surface area contributed by atoms with E-state index in [0.29, 0.717) is 11.9 Å². The molecule has 0 aromatic carbocycles. The highest BCUT2D eigenvalue weighted by atomic mass is 32.2. The summed E-state index contributed by atoms with van der Waals surface area (Å²) in [6, 6.07) is 0.417. The predicted molar refractivity (Wildman–Crippen MR) is 80.1 cm³/mol. The SMILES string of the molecule is CCC(CC)(CN1CCC(NC(C)C)C1=O)SC. The molecule has 1 fully saturated rings. The number of likely N-dealkylation sites (tertiary alicyclic amines) is 1. The van der Waals surface area contributed by atoms with Crippen LogP contribution in [0.4, 0.5) is 0 Å². The fraction of sp³-hybridized carbons (Fsp3) is 0.929. The fourth-order valence-electron chi connectivity index (χ4n) is 2.63. The topological polar surface area (TPSA) is 32.3 Å². The lowest BCUT2D eigenvalue weighted by Gasteiger charge is -2.34. The van der Waals surface area contributed by atoms with Crippen LogP contribution in [0.15, 0.2) is 0 Å². The maximum absolute atomic E-state index is 12.3. The molecule has 0 aromatic rings. The first-order valence-corrected chi connectivity index (χ1v) is 8.30. The first-order chi connectivity index (χ1) is 8.48. The monoisotopic (exact) mass is 272 g/mol. The Labute approximate surface area is 116 Å². The van der Waals surface area contributed by atoms with Crippen LogP contribution in [0.2, 0.25) is 0 Å². The zero-order chi connectivity index (χ0) is 13.8. The Morgan fingerprint density at radius 3 is 2.50 bits per heavy atom. The van der Waals surface area contributed by atoms with Crippen LogP contribution in [-0.4, -0.2) is 47.0 Å². The van der Waals surface area contributed by atoms with Crippen LogP contribution in [0.3, 0.4) is 0 Å². The Bertz CT molecular complexity index is 269. The fourth-order valence-corrected chi connectivity index (χ4v) is 3.49. The van der Waals surface area contributed by atoms with Gasteiger partial charge >= 0.3 is 0 Å². The molecule has 1 saturated heterocycles. The highest BCUT2D eigenvalue weighted by Gasteiger charge is 2.36. The average Bonchev–Trinajstić information content (AvgIpc) is 2.68. The number of hydrogen-bond donors (Lipinski definition) is 1. The summed E-state index contributed by atoms with van der Waals surface area (Å²) in [5, 5.41) is 3.36. The van der Waals surface area contributed by atoms with Crippen LogP contribution in [0.25, 0.3) is 0 Å². The molecule has 1 N–H and O–H groups in total. The van der Waals surface area contributed by atoms with Gasteiger partial charge in [-0.25, -0.2) is 0 Å². The van der Waals surface area contributed by atoms with Gasteiger partial charge in [-0.05, 0) is 25.5 Å².